The number of hydrogen-bond donors (Lipinski definition) is 3. The Morgan fingerprint density at radius 2 is 2.07 bits per heavy atom. The Morgan fingerprint density at radius 3 is 2.73 bits per heavy atom. The van der Waals surface area contributed by atoms with Crippen LogP contribution in [-0.4, -0.2) is 35.0 Å². The largest absolute Gasteiger partial charge is 0.394 e. The molecule has 1 atom stereocenters. The van der Waals surface area contributed by atoms with Crippen molar-refractivity contribution in [1.82, 2.24) is 15.8 Å². The molecule has 0 aliphatic carbocycles. The summed E-state index contributed by atoms with van der Waals surface area (Å²) in [5.41, 5.74) is 2.49. The van der Waals surface area contributed by atoms with Crippen molar-refractivity contribution in [2.24, 2.45) is 4.99 Å². The summed E-state index contributed by atoms with van der Waals surface area (Å²) in [6.07, 6.45) is 0.826. The van der Waals surface area contributed by atoms with E-state index in [0.29, 0.717) is 6.07 Å². The lowest BCUT2D eigenvalue weighted by Crippen LogP contribution is -2.37. The Kier molecular flexibility index (Phi) is 6.70. The second-order valence-electron chi connectivity index (χ2n) is 6.20. The van der Waals surface area contributed by atoms with Gasteiger partial charge in [0.25, 0.3) is 5.91 Å². The summed E-state index contributed by atoms with van der Waals surface area (Å²) in [6.45, 7) is 1.07. The summed E-state index contributed by atoms with van der Waals surface area (Å²) in [5, 5.41) is 11.6. The summed E-state index contributed by atoms with van der Waals surface area (Å²) < 4.78 is 41.0. The van der Waals surface area contributed by atoms with Crippen LogP contribution >= 0.6 is 11.6 Å². The van der Waals surface area contributed by atoms with E-state index in [9.17, 15) is 18.0 Å². The van der Waals surface area contributed by atoms with E-state index < -0.39 is 29.4 Å². The quantitative estimate of drug-likeness (QED) is 0.474. The summed E-state index contributed by atoms with van der Waals surface area (Å²) in [4.78, 5) is 25.6. The Labute approximate surface area is 174 Å². The van der Waals surface area contributed by atoms with Gasteiger partial charge in [0, 0.05) is 22.3 Å². The molecule has 2 aromatic rings. The summed E-state index contributed by atoms with van der Waals surface area (Å²) in [5.74, 6) is -3.18. The van der Waals surface area contributed by atoms with Crippen molar-refractivity contribution in [2.45, 2.75) is 13.0 Å². The number of pyridine rings is 1. The Morgan fingerprint density at radius 1 is 1.30 bits per heavy atom. The lowest BCUT2D eigenvalue weighted by molar-refractivity contribution is -0.130. The van der Waals surface area contributed by atoms with Gasteiger partial charge < -0.3 is 10.4 Å². The third kappa shape index (κ3) is 4.61. The molecule has 7 nitrogen and oxygen atoms in total. The smallest absolute Gasteiger partial charge is 0.275 e. The molecule has 3 N–H and O–H groups in total. The fourth-order valence-electron chi connectivity index (χ4n) is 2.85. The molecule has 1 aromatic carbocycles. The topological polar surface area (TPSA) is 95.8 Å². The van der Waals surface area contributed by atoms with Crippen molar-refractivity contribution in [3.63, 3.8) is 0 Å². The number of benzene rings is 1. The number of aromatic nitrogens is 1. The number of amidine groups is 1. The van der Waals surface area contributed by atoms with E-state index in [2.05, 4.69) is 20.8 Å². The molecular formula is C19H16ClF3N4O3. The molecule has 0 bridgehead atoms. The highest BCUT2D eigenvalue weighted by atomic mass is 35.5. The summed E-state index contributed by atoms with van der Waals surface area (Å²) in [6, 6.07) is 3.12. The number of aliphatic hydroxyl groups is 1. The molecule has 1 amide bonds. The van der Waals surface area contributed by atoms with E-state index in [1.165, 1.54) is 13.0 Å². The molecular weight excluding hydrogens is 425 g/mol. The average Bonchev–Trinajstić information content (AvgIpc) is 2.67. The minimum Gasteiger partial charge on any atom is -0.394 e. The number of carbonyl (C=O) groups is 1. The van der Waals surface area contributed by atoms with Gasteiger partial charge in [-0.15, -0.1) is 0 Å². The van der Waals surface area contributed by atoms with E-state index in [4.69, 9.17) is 21.5 Å². The predicted octanol–water partition coefficient (Wildman–Crippen LogP) is 2.56. The third-order valence-corrected chi connectivity index (χ3v) is 4.46. The molecule has 1 aliphatic heterocycles. The van der Waals surface area contributed by atoms with Crippen LogP contribution in [0.1, 0.15) is 24.2 Å². The number of aliphatic imine (C=N–C) groups is 1. The first-order valence-electron chi connectivity index (χ1n) is 8.66. The number of allylic oxidation sites excluding steroid dienone is 1. The van der Waals surface area contributed by atoms with Crippen molar-refractivity contribution in [3.05, 3.63) is 75.5 Å². The highest BCUT2D eigenvalue weighted by Crippen LogP contribution is 2.35. The Hall–Kier alpha value is -2.95. The fraction of sp³-hybridized carbons (Fsp3) is 0.211. The number of hydroxylamine groups is 1. The van der Waals surface area contributed by atoms with Crippen LogP contribution in [0.2, 0.25) is 5.02 Å². The lowest BCUT2D eigenvalue weighted by atomic mass is 9.95. The van der Waals surface area contributed by atoms with E-state index >= 15 is 0 Å². The van der Waals surface area contributed by atoms with Crippen molar-refractivity contribution in [3.8, 4) is 0 Å². The molecule has 0 radical (unpaired) electrons. The zero-order chi connectivity index (χ0) is 21.8. The maximum atomic E-state index is 14.2. The number of nitrogens with zero attached hydrogens (tertiary/aromatic N) is 2. The molecule has 2 heterocycles. The van der Waals surface area contributed by atoms with Gasteiger partial charge in [0.2, 0.25) is 0 Å². The highest BCUT2D eigenvalue weighted by Gasteiger charge is 2.32. The maximum Gasteiger partial charge on any atom is 0.275 e. The number of amides is 1. The van der Waals surface area contributed by atoms with Gasteiger partial charge in [-0.05, 0) is 19.1 Å². The fourth-order valence-corrected chi connectivity index (χ4v) is 3.12. The molecule has 0 saturated carbocycles. The normalized spacial score (nSPS) is 16.2. The standard InChI is InChI=1S/C19H16ClF3N4O3/c1-9-15(19(29)27-30-5-4-28)16(12-3-2-10(21)6-13(12)20)26-18(25-9)17-14(23)7-11(22)8-24-17/h2-3,6-8,16,28H,4-5H2,1H3,(H,25,26)(H,27,29). The second kappa shape index (κ2) is 9.24. The van der Waals surface area contributed by atoms with E-state index in [0.717, 1.165) is 18.3 Å². The molecule has 1 aromatic heterocycles. The first-order valence-corrected chi connectivity index (χ1v) is 9.04. The molecule has 0 saturated heterocycles. The minimum atomic E-state index is -1.07. The number of rotatable bonds is 6. The van der Waals surface area contributed by atoms with Gasteiger partial charge in [0.1, 0.15) is 23.4 Å². The number of halogens is 4. The zero-order valence-corrected chi connectivity index (χ0v) is 16.3. The molecule has 1 aliphatic rings. The molecule has 3 rings (SSSR count). The van der Waals surface area contributed by atoms with Crippen molar-refractivity contribution in [1.29, 1.82) is 0 Å². The van der Waals surface area contributed by atoms with Gasteiger partial charge in [-0.25, -0.2) is 23.6 Å². The first-order chi connectivity index (χ1) is 14.3. The van der Waals surface area contributed by atoms with Crippen LogP contribution in [0.15, 0.2) is 46.7 Å². The van der Waals surface area contributed by atoms with Gasteiger partial charge in [-0.3, -0.25) is 14.6 Å². The third-order valence-electron chi connectivity index (χ3n) is 4.13. The van der Waals surface area contributed by atoms with Gasteiger partial charge in [-0.2, -0.15) is 0 Å². The SMILES string of the molecule is CC1=C(C(=O)NOCCO)C(c2ccc(F)cc2Cl)N=C(c2ncc(F)cc2F)N1. The number of hydrogen-bond acceptors (Lipinski definition) is 6. The Bertz CT molecular complexity index is 1050. The highest BCUT2D eigenvalue weighted by molar-refractivity contribution is 6.31. The van der Waals surface area contributed by atoms with Crippen molar-refractivity contribution in [2.75, 3.05) is 13.2 Å². The second-order valence-corrected chi connectivity index (χ2v) is 6.60. The van der Waals surface area contributed by atoms with Crippen LogP contribution in [0.25, 0.3) is 0 Å². The van der Waals surface area contributed by atoms with Crippen molar-refractivity contribution < 1.29 is 27.9 Å². The van der Waals surface area contributed by atoms with E-state index in [-0.39, 0.29) is 46.6 Å². The van der Waals surface area contributed by atoms with Crippen LogP contribution in [0.5, 0.6) is 0 Å². The van der Waals surface area contributed by atoms with Crippen LogP contribution in [0.3, 0.4) is 0 Å². The molecule has 158 valence electrons. The summed E-state index contributed by atoms with van der Waals surface area (Å²) >= 11 is 6.17. The number of aliphatic hydroxyl groups excluding tert-OH is 1. The molecule has 30 heavy (non-hydrogen) atoms. The molecule has 1 unspecified atom stereocenters. The van der Waals surface area contributed by atoms with E-state index in [1.54, 1.807) is 0 Å². The van der Waals surface area contributed by atoms with Gasteiger partial charge in [-0.1, -0.05) is 17.7 Å². The zero-order valence-electron chi connectivity index (χ0n) is 15.5. The molecule has 11 heteroatoms. The van der Waals surface area contributed by atoms with Gasteiger partial charge >= 0.3 is 0 Å². The van der Waals surface area contributed by atoms with Gasteiger partial charge in [0.05, 0.1) is 25.0 Å². The minimum absolute atomic E-state index is 0.00749. The molecule has 0 fully saturated rings. The van der Waals surface area contributed by atoms with Crippen LogP contribution in [0.4, 0.5) is 13.2 Å². The summed E-state index contributed by atoms with van der Waals surface area (Å²) in [7, 11) is 0. The first kappa shape index (κ1) is 21.8. The average molecular weight is 441 g/mol. The Balaban J connectivity index is 2.08. The van der Waals surface area contributed by atoms with Crippen LogP contribution in [-0.2, 0) is 9.63 Å². The van der Waals surface area contributed by atoms with Crippen LogP contribution < -0.4 is 10.8 Å². The van der Waals surface area contributed by atoms with Gasteiger partial charge in [0.15, 0.2) is 11.7 Å². The lowest BCUT2D eigenvalue weighted by Gasteiger charge is -2.27. The monoisotopic (exact) mass is 440 g/mol. The molecule has 0 spiro atoms. The predicted molar refractivity (Wildman–Crippen MR) is 102 cm³/mol. The van der Waals surface area contributed by atoms with E-state index in [1.807, 2.05) is 0 Å². The number of nitrogens with one attached hydrogen (secondary N) is 2. The van der Waals surface area contributed by atoms with Crippen LogP contribution in [0, 0.1) is 17.5 Å². The maximum absolute atomic E-state index is 14.2. The number of carbonyl (C=O) groups excluding carboxylic acids is 1. The van der Waals surface area contributed by atoms with Crippen molar-refractivity contribution >= 4 is 23.3 Å².